The highest BCUT2D eigenvalue weighted by atomic mass is 19.1. The summed E-state index contributed by atoms with van der Waals surface area (Å²) in [6.45, 7) is 1.69. The number of aromatic hydroxyl groups is 1. The van der Waals surface area contributed by atoms with E-state index in [4.69, 9.17) is 0 Å². The normalized spacial score (nSPS) is 10.1. The Morgan fingerprint density at radius 3 is 2.72 bits per heavy atom. The molecule has 0 atom stereocenters. The SMILES string of the molecule is Cc1cccc(C(=O)Nc2cccc(F)n2)c1O. The number of hydrogen-bond acceptors (Lipinski definition) is 3. The van der Waals surface area contributed by atoms with Crippen LogP contribution in [0.1, 0.15) is 15.9 Å². The number of carbonyl (C=O) groups is 1. The highest BCUT2D eigenvalue weighted by Crippen LogP contribution is 2.22. The minimum Gasteiger partial charge on any atom is -0.507 e. The quantitative estimate of drug-likeness (QED) is 0.800. The molecule has 2 N–H and O–H groups in total. The lowest BCUT2D eigenvalue weighted by Gasteiger charge is -2.07. The smallest absolute Gasteiger partial charge is 0.260 e. The molecule has 0 fully saturated rings. The summed E-state index contributed by atoms with van der Waals surface area (Å²) in [5.74, 6) is -1.21. The maximum Gasteiger partial charge on any atom is 0.260 e. The number of hydrogen-bond donors (Lipinski definition) is 2. The molecule has 1 aromatic carbocycles. The summed E-state index contributed by atoms with van der Waals surface area (Å²) in [5.41, 5.74) is 0.718. The van der Waals surface area contributed by atoms with Gasteiger partial charge in [0.1, 0.15) is 11.6 Å². The van der Waals surface area contributed by atoms with Gasteiger partial charge in [0.05, 0.1) is 5.56 Å². The molecule has 1 heterocycles. The van der Waals surface area contributed by atoms with Gasteiger partial charge in [-0.05, 0) is 30.7 Å². The summed E-state index contributed by atoms with van der Waals surface area (Å²) in [5, 5.41) is 12.2. The van der Waals surface area contributed by atoms with E-state index in [9.17, 15) is 14.3 Å². The van der Waals surface area contributed by atoms with E-state index < -0.39 is 11.9 Å². The van der Waals surface area contributed by atoms with E-state index in [1.807, 2.05) is 0 Å². The molecule has 2 rings (SSSR count). The summed E-state index contributed by atoms with van der Waals surface area (Å²) in [7, 11) is 0. The number of pyridine rings is 1. The van der Waals surface area contributed by atoms with Crippen LogP contribution in [-0.4, -0.2) is 16.0 Å². The van der Waals surface area contributed by atoms with Crippen LogP contribution < -0.4 is 5.32 Å². The minimum absolute atomic E-state index is 0.0913. The molecule has 1 amide bonds. The Balaban J connectivity index is 2.25. The van der Waals surface area contributed by atoms with Crippen molar-refractivity contribution < 1.29 is 14.3 Å². The fraction of sp³-hybridized carbons (Fsp3) is 0.0769. The number of anilines is 1. The van der Waals surface area contributed by atoms with Crippen LogP contribution in [0.2, 0.25) is 0 Å². The third-order valence-electron chi connectivity index (χ3n) is 2.44. The van der Waals surface area contributed by atoms with Gasteiger partial charge < -0.3 is 10.4 Å². The fourth-order valence-corrected chi connectivity index (χ4v) is 1.50. The van der Waals surface area contributed by atoms with Gasteiger partial charge in [0.15, 0.2) is 0 Å². The van der Waals surface area contributed by atoms with E-state index in [1.165, 1.54) is 24.3 Å². The van der Waals surface area contributed by atoms with Crippen molar-refractivity contribution in [1.82, 2.24) is 4.98 Å². The molecule has 0 radical (unpaired) electrons. The second-order valence-electron chi connectivity index (χ2n) is 3.77. The maximum absolute atomic E-state index is 12.9. The zero-order valence-electron chi connectivity index (χ0n) is 9.64. The molecule has 0 saturated carbocycles. The molecule has 0 aliphatic heterocycles. The van der Waals surface area contributed by atoms with Gasteiger partial charge in [-0.3, -0.25) is 4.79 Å². The number of nitrogens with zero attached hydrogens (tertiary/aromatic N) is 1. The van der Waals surface area contributed by atoms with Crippen LogP contribution in [0.15, 0.2) is 36.4 Å². The Labute approximate surface area is 103 Å². The highest BCUT2D eigenvalue weighted by Gasteiger charge is 2.13. The van der Waals surface area contributed by atoms with Gasteiger partial charge in [-0.15, -0.1) is 0 Å². The Morgan fingerprint density at radius 1 is 1.28 bits per heavy atom. The Kier molecular flexibility index (Phi) is 3.23. The minimum atomic E-state index is -0.679. The molecule has 0 saturated heterocycles. The molecule has 2 aromatic rings. The van der Waals surface area contributed by atoms with Crippen LogP contribution in [0.3, 0.4) is 0 Å². The molecule has 0 aliphatic rings. The molecule has 0 aliphatic carbocycles. The molecule has 1 aromatic heterocycles. The van der Waals surface area contributed by atoms with Gasteiger partial charge in [-0.1, -0.05) is 18.2 Å². The topological polar surface area (TPSA) is 62.2 Å². The van der Waals surface area contributed by atoms with Gasteiger partial charge in [0.25, 0.3) is 5.91 Å². The van der Waals surface area contributed by atoms with E-state index in [2.05, 4.69) is 10.3 Å². The molecule has 0 unspecified atom stereocenters. The summed E-state index contributed by atoms with van der Waals surface area (Å²) in [6, 6.07) is 8.91. The maximum atomic E-state index is 12.9. The van der Waals surface area contributed by atoms with E-state index in [-0.39, 0.29) is 17.1 Å². The molecule has 0 bridgehead atoms. The number of nitrogens with one attached hydrogen (secondary N) is 1. The molecular weight excluding hydrogens is 235 g/mol. The van der Waals surface area contributed by atoms with E-state index >= 15 is 0 Å². The Hall–Kier alpha value is -2.43. The zero-order chi connectivity index (χ0) is 13.1. The summed E-state index contributed by atoms with van der Waals surface area (Å²) in [6.07, 6.45) is 0. The number of amides is 1. The van der Waals surface area contributed by atoms with Crippen LogP contribution >= 0.6 is 0 Å². The number of halogens is 1. The van der Waals surface area contributed by atoms with Crippen LogP contribution in [0.5, 0.6) is 5.75 Å². The predicted molar refractivity (Wildman–Crippen MR) is 65.0 cm³/mol. The molecule has 92 valence electrons. The van der Waals surface area contributed by atoms with Crippen LogP contribution in [0.4, 0.5) is 10.2 Å². The van der Waals surface area contributed by atoms with E-state index in [0.29, 0.717) is 5.56 Å². The standard InChI is InChI=1S/C13H11FN2O2/c1-8-4-2-5-9(12(8)17)13(18)16-11-7-3-6-10(14)15-11/h2-7,17H,1H3,(H,15,16,18). The molecule has 0 spiro atoms. The predicted octanol–water partition coefficient (Wildman–Crippen LogP) is 2.49. The lowest BCUT2D eigenvalue weighted by atomic mass is 10.1. The Morgan fingerprint density at radius 2 is 2.00 bits per heavy atom. The van der Waals surface area contributed by atoms with Crippen LogP contribution in [0, 0.1) is 12.9 Å². The average molecular weight is 246 g/mol. The monoisotopic (exact) mass is 246 g/mol. The third-order valence-corrected chi connectivity index (χ3v) is 2.44. The van der Waals surface area contributed by atoms with Crippen LogP contribution in [0.25, 0.3) is 0 Å². The second-order valence-corrected chi connectivity index (χ2v) is 3.77. The lowest BCUT2D eigenvalue weighted by Crippen LogP contribution is -2.13. The van der Waals surface area contributed by atoms with E-state index in [1.54, 1.807) is 19.1 Å². The number of benzene rings is 1. The van der Waals surface area contributed by atoms with Gasteiger partial charge in [-0.2, -0.15) is 4.39 Å². The second kappa shape index (κ2) is 4.83. The van der Waals surface area contributed by atoms with Gasteiger partial charge in [0.2, 0.25) is 5.95 Å². The summed E-state index contributed by atoms with van der Waals surface area (Å²) < 4.78 is 12.9. The van der Waals surface area contributed by atoms with Gasteiger partial charge >= 0.3 is 0 Å². The van der Waals surface area contributed by atoms with Crippen molar-refractivity contribution in [2.45, 2.75) is 6.92 Å². The van der Waals surface area contributed by atoms with Crippen molar-refractivity contribution in [3.8, 4) is 5.75 Å². The third kappa shape index (κ3) is 2.45. The van der Waals surface area contributed by atoms with Crippen molar-refractivity contribution in [2.75, 3.05) is 5.32 Å². The molecule has 4 nitrogen and oxygen atoms in total. The number of aromatic nitrogens is 1. The van der Waals surface area contributed by atoms with Gasteiger partial charge in [0, 0.05) is 0 Å². The van der Waals surface area contributed by atoms with Crippen molar-refractivity contribution in [3.05, 3.63) is 53.5 Å². The van der Waals surface area contributed by atoms with Crippen molar-refractivity contribution in [3.63, 3.8) is 0 Å². The van der Waals surface area contributed by atoms with Crippen molar-refractivity contribution in [2.24, 2.45) is 0 Å². The zero-order valence-corrected chi connectivity index (χ0v) is 9.64. The Bertz CT molecular complexity index is 599. The van der Waals surface area contributed by atoms with Crippen molar-refractivity contribution >= 4 is 11.7 Å². The molecule has 5 heteroatoms. The number of phenols is 1. The lowest BCUT2D eigenvalue weighted by molar-refractivity contribution is 0.102. The van der Waals surface area contributed by atoms with E-state index in [0.717, 1.165) is 0 Å². The van der Waals surface area contributed by atoms with Gasteiger partial charge in [-0.25, -0.2) is 4.98 Å². The average Bonchev–Trinajstić information content (AvgIpc) is 2.32. The number of rotatable bonds is 2. The molecular formula is C13H11FN2O2. The first-order chi connectivity index (χ1) is 8.58. The number of para-hydroxylation sites is 1. The summed E-state index contributed by atoms with van der Waals surface area (Å²) in [4.78, 5) is 15.4. The first-order valence-corrected chi connectivity index (χ1v) is 5.30. The highest BCUT2D eigenvalue weighted by molar-refractivity contribution is 6.05. The fourth-order valence-electron chi connectivity index (χ4n) is 1.50. The number of carbonyl (C=O) groups excluding carboxylic acids is 1. The number of phenolic OH excluding ortho intramolecular Hbond substituents is 1. The first kappa shape index (κ1) is 12.0. The van der Waals surface area contributed by atoms with Crippen LogP contribution in [-0.2, 0) is 0 Å². The molecule has 18 heavy (non-hydrogen) atoms. The largest absolute Gasteiger partial charge is 0.507 e. The summed E-state index contributed by atoms with van der Waals surface area (Å²) >= 11 is 0. The number of aryl methyl sites for hydroxylation is 1. The first-order valence-electron chi connectivity index (χ1n) is 5.30. The van der Waals surface area contributed by atoms with Crippen molar-refractivity contribution in [1.29, 1.82) is 0 Å².